The molecule has 0 aliphatic rings. The molecule has 0 aliphatic carbocycles. The third kappa shape index (κ3) is 3.38. The maximum Gasteiger partial charge on any atom is 0.340 e. The Morgan fingerprint density at radius 1 is 1.48 bits per heavy atom. The minimum atomic E-state index is -4.00. The van der Waals surface area contributed by atoms with Gasteiger partial charge in [0.1, 0.15) is 11.3 Å². The molecule has 0 fully saturated rings. The second-order valence-corrected chi connectivity index (χ2v) is 5.80. The van der Waals surface area contributed by atoms with Crippen LogP contribution in [-0.4, -0.2) is 36.8 Å². The predicted octanol–water partition coefficient (Wildman–Crippen LogP) is 0.595. The lowest BCUT2D eigenvalue weighted by Crippen LogP contribution is -2.25. The van der Waals surface area contributed by atoms with Gasteiger partial charge in [0.2, 0.25) is 0 Å². The maximum atomic E-state index is 12.1. The summed E-state index contributed by atoms with van der Waals surface area (Å²) in [5, 5.41) is 14.1. The molecule has 0 aliphatic heterocycles. The Kier molecular flexibility index (Phi) is 4.24. The molecule has 0 radical (unpaired) electrons. The molecule has 8 nitrogen and oxygen atoms in total. The maximum absolute atomic E-state index is 12.1. The van der Waals surface area contributed by atoms with Crippen LogP contribution in [0.1, 0.15) is 15.9 Å². The van der Waals surface area contributed by atoms with Crippen molar-refractivity contribution in [3.05, 3.63) is 41.6 Å². The normalized spacial score (nSPS) is 11.3. The van der Waals surface area contributed by atoms with Crippen molar-refractivity contribution in [1.29, 1.82) is 0 Å². The summed E-state index contributed by atoms with van der Waals surface area (Å²) in [5.41, 5.74) is 0.266. The molecule has 0 saturated heterocycles. The number of rotatable bonds is 6. The lowest BCUT2D eigenvalue weighted by molar-refractivity contribution is 0.0692. The van der Waals surface area contributed by atoms with Crippen LogP contribution in [0.25, 0.3) is 0 Å². The minimum Gasteiger partial charge on any atom is -0.497 e. The van der Waals surface area contributed by atoms with Crippen molar-refractivity contribution in [1.82, 2.24) is 14.9 Å². The van der Waals surface area contributed by atoms with Gasteiger partial charge in [0.05, 0.1) is 13.3 Å². The molecule has 0 unspecified atom stereocenters. The van der Waals surface area contributed by atoms with Crippen LogP contribution in [0.4, 0.5) is 0 Å². The number of ether oxygens (including phenoxy) is 1. The van der Waals surface area contributed by atoms with Crippen molar-refractivity contribution in [3.8, 4) is 5.75 Å². The molecule has 0 saturated carbocycles. The third-order valence-corrected chi connectivity index (χ3v) is 4.08. The molecule has 0 bridgehead atoms. The molecule has 1 aromatic heterocycles. The number of methoxy groups -OCH3 is 1. The smallest absolute Gasteiger partial charge is 0.340 e. The van der Waals surface area contributed by atoms with Crippen molar-refractivity contribution < 1.29 is 23.1 Å². The summed E-state index contributed by atoms with van der Waals surface area (Å²) in [4.78, 5) is 10.9. The zero-order valence-electron chi connectivity index (χ0n) is 11.0. The SMILES string of the molecule is COc1cccc(CNS(=O)(=O)c2[nH]ncc2C(=O)O)c1. The van der Waals surface area contributed by atoms with Crippen LogP contribution in [0.15, 0.2) is 35.5 Å². The molecule has 9 heteroatoms. The summed E-state index contributed by atoms with van der Waals surface area (Å²) in [7, 11) is -2.49. The number of carboxylic acids is 1. The lowest BCUT2D eigenvalue weighted by atomic mass is 10.2. The number of hydrogen-bond donors (Lipinski definition) is 3. The van der Waals surface area contributed by atoms with Gasteiger partial charge in [0.25, 0.3) is 10.0 Å². The highest BCUT2D eigenvalue weighted by molar-refractivity contribution is 7.89. The highest BCUT2D eigenvalue weighted by atomic mass is 32.2. The van der Waals surface area contributed by atoms with Crippen LogP contribution in [0, 0.1) is 0 Å². The molecule has 0 amide bonds. The molecule has 0 atom stereocenters. The Morgan fingerprint density at radius 3 is 2.90 bits per heavy atom. The number of nitrogens with one attached hydrogen (secondary N) is 2. The largest absolute Gasteiger partial charge is 0.497 e. The van der Waals surface area contributed by atoms with Gasteiger partial charge in [0.15, 0.2) is 5.03 Å². The number of H-pyrrole nitrogens is 1. The van der Waals surface area contributed by atoms with Gasteiger partial charge in [-0.15, -0.1) is 0 Å². The van der Waals surface area contributed by atoms with Gasteiger partial charge < -0.3 is 9.84 Å². The van der Waals surface area contributed by atoms with Crippen LogP contribution in [0.3, 0.4) is 0 Å². The van der Waals surface area contributed by atoms with Gasteiger partial charge in [-0.2, -0.15) is 5.10 Å². The monoisotopic (exact) mass is 311 g/mol. The molecule has 2 rings (SSSR count). The Morgan fingerprint density at radius 2 is 2.24 bits per heavy atom. The van der Waals surface area contributed by atoms with Crippen LogP contribution in [0.2, 0.25) is 0 Å². The Hall–Kier alpha value is -2.39. The van der Waals surface area contributed by atoms with E-state index in [9.17, 15) is 13.2 Å². The van der Waals surface area contributed by atoms with E-state index in [0.29, 0.717) is 11.3 Å². The number of aromatic amines is 1. The summed E-state index contributed by atoms with van der Waals surface area (Å²) < 4.78 is 31.5. The average molecular weight is 311 g/mol. The van der Waals surface area contributed by atoms with Gasteiger partial charge in [0, 0.05) is 6.54 Å². The van der Waals surface area contributed by atoms with Crippen LogP contribution in [0.5, 0.6) is 5.75 Å². The topological polar surface area (TPSA) is 121 Å². The first kappa shape index (κ1) is 15.0. The lowest BCUT2D eigenvalue weighted by Gasteiger charge is -2.07. The molecule has 1 aromatic carbocycles. The van der Waals surface area contributed by atoms with Crippen LogP contribution < -0.4 is 9.46 Å². The standard InChI is InChI=1S/C12H13N3O5S/c1-20-9-4-2-3-8(5-9)6-14-21(18,19)11-10(12(16)17)7-13-15-11/h2-5,7,14H,6H2,1H3,(H,13,15)(H,16,17). The van der Waals surface area contributed by atoms with E-state index in [2.05, 4.69) is 14.9 Å². The number of sulfonamides is 1. The number of aromatic nitrogens is 2. The highest BCUT2D eigenvalue weighted by Gasteiger charge is 2.24. The molecular formula is C12H13N3O5S. The van der Waals surface area contributed by atoms with Gasteiger partial charge >= 0.3 is 5.97 Å². The van der Waals surface area contributed by atoms with Crippen molar-refractivity contribution in [3.63, 3.8) is 0 Å². The van der Waals surface area contributed by atoms with E-state index in [1.54, 1.807) is 24.3 Å². The fraction of sp³-hybridized carbons (Fsp3) is 0.167. The van der Waals surface area contributed by atoms with E-state index < -0.39 is 26.6 Å². The number of hydrogen-bond acceptors (Lipinski definition) is 5. The van der Waals surface area contributed by atoms with E-state index in [1.165, 1.54) is 7.11 Å². The first-order valence-electron chi connectivity index (χ1n) is 5.83. The predicted molar refractivity (Wildman–Crippen MR) is 72.6 cm³/mol. The zero-order valence-corrected chi connectivity index (χ0v) is 11.8. The molecule has 3 N–H and O–H groups in total. The summed E-state index contributed by atoms with van der Waals surface area (Å²) in [6.45, 7) is -0.00237. The third-order valence-electron chi connectivity index (χ3n) is 2.70. The van der Waals surface area contributed by atoms with E-state index in [0.717, 1.165) is 6.20 Å². The van der Waals surface area contributed by atoms with Gasteiger partial charge in [-0.3, -0.25) is 5.10 Å². The van der Waals surface area contributed by atoms with E-state index in [1.807, 2.05) is 0 Å². The van der Waals surface area contributed by atoms with Gasteiger partial charge in [-0.05, 0) is 17.7 Å². The molecule has 112 valence electrons. The molecule has 21 heavy (non-hydrogen) atoms. The summed E-state index contributed by atoms with van der Waals surface area (Å²) in [5.74, 6) is -0.773. The van der Waals surface area contributed by atoms with Gasteiger partial charge in [-0.1, -0.05) is 12.1 Å². The minimum absolute atomic E-state index is 0.00237. The van der Waals surface area contributed by atoms with E-state index in [-0.39, 0.29) is 6.54 Å². The molecule has 1 heterocycles. The molecule has 0 spiro atoms. The van der Waals surface area contributed by atoms with Crippen molar-refractivity contribution >= 4 is 16.0 Å². The Balaban J connectivity index is 2.18. The highest BCUT2D eigenvalue weighted by Crippen LogP contribution is 2.15. The van der Waals surface area contributed by atoms with E-state index in [4.69, 9.17) is 9.84 Å². The van der Waals surface area contributed by atoms with Crippen molar-refractivity contribution in [2.24, 2.45) is 0 Å². The number of carbonyl (C=O) groups is 1. The fourth-order valence-electron chi connectivity index (χ4n) is 1.66. The van der Waals surface area contributed by atoms with Crippen LogP contribution in [-0.2, 0) is 16.6 Å². The van der Waals surface area contributed by atoms with Crippen LogP contribution >= 0.6 is 0 Å². The molecular weight excluding hydrogens is 298 g/mol. The Bertz CT molecular complexity index is 754. The summed E-state index contributed by atoms with van der Waals surface area (Å²) >= 11 is 0. The second kappa shape index (κ2) is 5.94. The van der Waals surface area contributed by atoms with Crippen molar-refractivity contribution in [2.45, 2.75) is 11.6 Å². The van der Waals surface area contributed by atoms with Gasteiger partial charge in [-0.25, -0.2) is 17.9 Å². The number of nitrogens with zero attached hydrogens (tertiary/aromatic N) is 1. The summed E-state index contributed by atoms with van der Waals surface area (Å²) in [6, 6.07) is 6.85. The first-order valence-corrected chi connectivity index (χ1v) is 7.31. The fourth-order valence-corrected chi connectivity index (χ4v) is 2.77. The quantitative estimate of drug-likeness (QED) is 0.718. The average Bonchev–Trinajstić information content (AvgIpc) is 2.96. The second-order valence-electron chi connectivity index (χ2n) is 4.09. The first-order chi connectivity index (χ1) is 9.94. The summed E-state index contributed by atoms with van der Waals surface area (Å²) in [6.07, 6.45) is 0.947. The number of carboxylic acid groups (broad SMARTS) is 1. The molecule has 2 aromatic rings. The Labute approximate surface area is 120 Å². The number of aromatic carboxylic acids is 1. The zero-order chi connectivity index (χ0) is 15.5. The number of benzene rings is 1. The van der Waals surface area contributed by atoms with Crippen molar-refractivity contribution in [2.75, 3.05) is 7.11 Å². The van der Waals surface area contributed by atoms with E-state index >= 15 is 0 Å².